The fourth-order valence-electron chi connectivity index (χ4n) is 6.20. The molecule has 2 saturated heterocycles. The standard InChI is InChI=1S/C34H50N8O/c1-25(2)30-24-36-42-32(30)37-34(41-18-13-26(3)14-19-41)38-33(42)35-23-29-10-6-9-28(22-29)21-27-11-7-17-40(20-15-27)31(43)12-8-16-39(4)5/h6,8-10,12,22,24-27H,7,11,13-21,23H2,1-5H3,(H,35,37,38)/b12-8+. The van der Waals surface area contributed by atoms with Crippen molar-refractivity contribution in [2.45, 2.75) is 71.8 Å². The second-order valence-electron chi connectivity index (χ2n) is 13.2. The molecule has 1 N–H and O–H groups in total. The van der Waals surface area contributed by atoms with Gasteiger partial charge >= 0.3 is 0 Å². The molecule has 2 aliphatic rings. The number of likely N-dealkylation sites (N-methyl/N-ethyl adjacent to an activating group) is 1. The molecule has 1 aromatic carbocycles. The Morgan fingerprint density at radius 3 is 2.63 bits per heavy atom. The molecule has 43 heavy (non-hydrogen) atoms. The van der Waals surface area contributed by atoms with Crippen LogP contribution in [0.15, 0.2) is 42.6 Å². The van der Waals surface area contributed by atoms with Crippen molar-refractivity contribution >= 4 is 23.5 Å². The van der Waals surface area contributed by atoms with Gasteiger partial charge in [-0.2, -0.15) is 19.6 Å². The van der Waals surface area contributed by atoms with Crippen LogP contribution in [0.25, 0.3) is 5.65 Å². The lowest BCUT2D eigenvalue weighted by Crippen LogP contribution is -2.34. The van der Waals surface area contributed by atoms with E-state index in [-0.39, 0.29) is 5.91 Å². The third-order valence-electron chi connectivity index (χ3n) is 8.93. The summed E-state index contributed by atoms with van der Waals surface area (Å²) in [5, 5.41) is 8.27. The van der Waals surface area contributed by atoms with Crippen molar-refractivity contribution in [2.75, 3.05) is 57.0 Å². The van der Waals surface area contributed by atoms with E-state index in [1.54, 1.807) is 6.08 Å². The summed E-state index contributed by atoms with van der Waals surface area (Å²) < 4.78 is 1.86. The molecular formula is C34H50N8O. The first kappa shape index (κ1) is 31.0. The minimum Gasteiger partial charge on any atom is -0.350 e. The number of nitrogens with one attached hydrogen (secondary N) is 1. The lowest BCUT2D eigenvalue weighted by atomic mass is 9.92. The molecule has 2 fully saturated rings. The highest BCUT2D eigenvalue weighted by Gasteiger charge is 2.23. The normalized spacial score (nSPS) is 18.7. The van der Waals surface area contributed by atoms with Gasteiger partial charge in [-0.1, -0.05) is 51.1 Å². The maximum atomic E-state index is 12.7. The molecule has 5 rings (SSSR count). The molecule has 3 aromatic rings. The van der Waals surface area contributed by atoms with Crippen molar-refractivity contribution in [1.29, 1.82) is 0 Å². The SMILES string of the molecule is CC1CCN(c2nc(NCc3cccc(CC4CCCN(C(=O)/C=C/CN(C)C)CC4)c3)n3ncc(C(C)C)c3n2)CC1. The molecule has 0 aliphatic carbocycles. The maximum absolute atomic E-state index is 12.7. The molecule has 0 radical (unpaired) electrons. The molecule has 9 heteroatoms. The Hall–Kier alpha value is -3.46. The summed E-state index contributed by atoms with van der Waals surface area (Å²) in [6, 6.07) is 8.90. The number of aromatic nitrogens is 4. The summed E-state index contributed by atoms with van der Waals surface area (Å²) in [6.07, 6.45) is 12.3. The van der Waals surface area contributed by atoms with Gasteiger partial charge in [-0.3, -0.25) is 4.79 Å². The molecule has 1 atom stereocenters. The van der Waals surface area contributed by atoms with Crippen LogP contribution in [0.1, 0.15) is 75.5 Å². The number of carbonyl (C=O) groups excluding carboxylic acids is 1. The van der Waals surface area contributed by atoms with Gasteiger partial charge in [0.25, 0.3) is 0 Å². The third-order valence-corrected chi connectivity index (χ3v) is 8.93. The zero-order valence-electron chi connectivity index (χ0n) is 26.8. The number of hydrogen-bond donors (Lipinski definition) is 1. The molecule has 0 bridgehead atoms. The first-order chi connectivity index (χ1) is 20.8. The van der Waals surface area contributed by atoms with Crippen LogP contribution < -0.4 is 10.2 Å². The number of likely N-dealkylation sites (tertiary alicyclic amines) is 1. The highest BCUT2D eigenvalue weighted by molar-refractivity contribution is 5.87. The van der Waals surface area contributed by atoms with Crippen molar-refractivity contribution in [2.24, 2.45) is 11.8 Å². The van der Waals surface area contributed by atoms with Crippen LogP contribution in [0, 0.1) is 11.8 Å². The number of piperidine rings is 1. The lowest BCUT2D eigenvalue weighted by molar-refractivity contribution is -0.126. The molecule has 2 aliphatic heterocycles. The van der Waals surface area contributed by atoms with Crippen LogP contribution in [0.2, 0.25) is 0 Å². The van der Waals surface area contributed by atoms with E-state index in [0.29, 0.717) is 18.4 Å². The summed E-state index contributed by atoms with van der Waals surface area (Å²) in [7, 11) is 4.03. The average Bonchev–Trinajstić information content (AvgIpc) is 3.29. The van der Waals surface area contributed by atoms with Crippen LogP contribution >= 0.6 is 0 Å². The quantitative estimate of drug-likeness (QED) is 0.319. The summed E-state index contributed by atoms with van der Waals surface area (Å²) in [5.41, 5.74) is 4.62. The maximum Gasteiger partial charge on any atom is 0.246 e. The Bertz CT molecular complexity index is 1390. The van der Waals surface area contributed by atoms with E-state index < -0.39 is 0 Å². The Kier molecular flexibility index (Phi) is 10.3. The van der Waals surface area contributed by atoms with E-state index in [4.69, 9.17) is 9.97 Å². The van der Waals surface area contributed by atoms with Gasteiger partial charge in [-0.05, 0) is 81.5 Å². The van der Waals surface area contributed by atoms with Gasteiger partial charge in [-0.15, -0.1) is 0 Å². The van der Waals surface area contributed by atoms with Gasteiger partial charge in [0, 0.05) is 50.9 Å². The molecule has 2 aromatic heterocycles. The number of nitrogens with zero attached hydrogens (tertiary/aromatic N) is 7. The van der Waals surface area contributed by atoms with Crippen molar-refractivity contribution in [1.82, 2.24) is 29.4 Å². The van der Waals surface area contributed by atoms with Gasteiger partial charge in [0.2, 0.25) is 17.8 Å². The van der Waals surface area contributed by atoms with E-state index >= 15 is 0 Å². The van der Waals surface area contributed by atoms with Gasteiger partial charge in [0.05, 0.1) is 6.20 Å². The molecule has 1 unspecified atom stereocenters. The third kappa shape index (κ3) is 8.13. The van der Waals surface area contributed by atoms with E-state index in [9.17, 15) is 4.79 Å². The number of amides is 1. The zero-order chi connectivity index (χ0) is 30.3. The fourth-order valence-corrected chi connectivity index (χ4v) is 6.20. The number of hydrogen-bond acceptors (Lipinski definition) is 7. The summed E-state index contributed by atoms with van der Waals surface area (Å²) in [5.74, 6) is 3.35. The van der Waals surface area contributed by atoms with Crippen molar-refractivity contribution in [3.63, 3.8) is 0 Å². The second-order valence-corrected chi connectivity index (χ2v) is 13.2. The largest absolute Gasteiger partial charge is 0.350 e. The van der Waals surface area contributed by atoms with Gasteiger partial charge in [-0.25, -0.2) is 0 Å². The molecule has 0 saturated carbocycles. The summed E-state index contributed by atoms with van der Waals surface area (Å²) >= 11 is 0. The molecule has 9 nitrogen and oxygen atoms in total. The van der Waals surface area contributed by atoms with Gasteiger partial charge in [0.1, 0.15) is 0 Å². The number of carbonyl (C=O) groups is 1. The number of rotatable bonds is 10. The Morgan fingerprint density at radius 2 is 1.86 bits per heavy atom. The minimum absolute atomic E-state index is 0.144. The topological polar surface area (TPSA) is 81.9 Å². The van der Waals surface area contributed by atoms with Crippen LogP contribution in [0.5, 0.6) is 0 Å². The van der Waals surface area contributed by atoms with E-state index in [0.717, 1.165) is 87.4 Å². The van der Waals surface area contributed by atoms with Crippen molar-refractivity contribution in [3.05, 3.63) is 59.3 Å². The van der Waals surface area contributed by atoms with Crippen LogP contribution in [0.4, 0.5) is 11.9 Å². The van der Waals surface area contributed by atoms with Gasteiger partial charge < -0.3 is 20.0 Å². The zero-order valence-corrected chi connectivity index (χ0v) is 26.8. The fraction of sp³-hybridized carbons (Fsp3) is 0.588. The van der Waals surface area contributed by atoms with Crippen LogP contribution in [-0.4, -0.2) is 82.1 Å². The average molecular weight is 587 g/mol. The minimum atomic E-state index is 0.144. The van der Waals surface area contributed by atoms with Crippen LogP contribution in [-0.2, 0) is 17.8 Å². The smallest absolute Gasteiger partial charge is 0.246 e. The van der Waals surface area contributed by atoms with Crippen LogP contribution in [0.3, 0.4) is 0 Å². The van der Waals surface area contributed by atoms with E-state index in [1.807, 2.05) is 35.8 Å². The lowest BCUT2D eigenvalue weighted by Gasteiger charge is -2.30. The molecular weight excluding hydrogens is 536 g/mol. The summed E-state index contributed by atoms with van der Waals surface area (Å²) in [6.45, 7) is 11.8. The monoisotopic (exact) mass is 586 g/mol. The van der Waals surface area contributed by atoms with E-state index in [2.05, 4.69) is 65.3 Å². The highest BCUT2D eigenvalue weighted by atomic mass is 16.2. The highest BCUT2D eigenvalue weighted by Crippen LogP contribution is 2.27. The number of benzene rings is 1. The van der Waals surface area contributed by atoms with Crippen molar-refractivity contribution < 1.29 is 4.79 Å². The number of anilines is 2. The first-order valence-electron chi connectivity index (χ1n) is 16.2. The van der Waals surface area contributed by atoms with Crippen molar-refractivity contribution in [3.8, 4) is 0 Å². The Labute approximate surface area is 257 Å². The number of fused-ring (bicyclic) bond motifs is 1. The molecule has 1 amide bonds. The van der Waals surface area contributed by atoms with E-state index in [1.165, 1.54) is 24.0 Å². The van der Waals surface area contributed by atoms with Gasteiger partial charge in [0.15, 0.2) is 5.65 Å². The molecule has 232 valence electrons. The molecule has 4 heterocycles. The Balaban J connectivity index is 1.24. The second kappa shape index (κ2) is 14.3. The predicted octanol–water partition coefficient (Wildman–Crippen LogP) is 5.39. The summed E-state index contributed by atoms with van der Waals surface area (Å²) in [4.78, 5) is 29.0. The predicted molar refractivity (Wildman–Crippen MR) is 175 cm³/mol. The Morgan fingerprint density at radius 1 is 1.07 bits per heavy atom. The first-order valence-corrected chi connectivity index (χ1v) is 16.2. The molecule has 0 spiro atoms.